The third-order valence-corrected chi connectivity index (χ3v) is 3.58. The van der Waals surface area contributed by atoms with Gasteiger partial charge in [-0.3, -0.25) is 0 Å². The summed E-state index contributed by atoms with van der Waals surface area (Å²) in [6.45, 7) is 0. The van der Waals surface area contributed by atoms with E-state index in [1.165, 1.54) is 7.14 Å². The molecule has 0 atom stereocenters. The third kappa shape index (κ3) is 3.28. The standard InChI is InChI=1S/C6H3I2.Ru/c7-5-3-1-2-4-6(5)8;/h1-3H;/q-1;+2. The van der Waals surface area contributed by atoms with Gasteiger partial charge in [0.15, 0.2) is 0 Å². The summed E-state index contributed by atoms with van der Waals surface area (Å²) in [5.74, 6) is 0. The molecule has 0 saturated carbocycles. The summed E-state index contributed by atoms with van der Waals surface area (Å²) in [6, 6.07) is 9.06. The maximum Gasteiger partial charge on any atom is 2.00 e. The fourth-order valence-electron chi connectivity index (χ4n) is 0.396. The van der Waals surface area contributed by atoms with Crippen molar-refractivity contribution in [2.24, 2.45) is 0 Å². The Labute approximate surface area is 94.8 Å². The second kappa shape index (κ2) is 5.02. The van der Waals surface area contributed by atoms with E-state index in [0.29, 0.717) is 0 Å². The molecule has 0 aliphatic carbocycles. The predicted molar refractivity (Wildman–Crippen MR) is 50.7 cm³/mol. The summed E-state index contributed by atoms with van der Waals surface area (Å²) in [7, 11) is 0. The number of hydrogen-bond acceptors (Lipinski definition) is 0. The van der Waals surface area contributed by atoms with Gasteiger partial charge in [0, 0.05) is 0 Å². The Morgan fingerprint density at radius 1 is 1.33 bits per heavy atom. The van der Waals surface area contributed by atoms with Crippen LogP contribution in [0.5, 0.6) is 0 Å². The Morgan fingerprint density at radius 3 is 2.33 bits per heavy atom. The van der Waals surface area contributed by atoms with Crippen LogP contribution in [0, 0.1) is 13.2 Å². The summed E-state index contributed by atoms with van der Waals surface area (Å²) < 4.78 is 2.47. The van der Waals surface area contributed by atoms with Gasteiger partial charge in [-0.1, -0.05) is 29.7 Å². The van der Waals surface area contributed by atoms with E-state index in [2.05, 4.69) is 57.3 Å². The summed E-state index contributed by atoms with van der Waals surface area (Å²) in [5.41, 5.74) is 0. The Balaban J connectivity index is 0.000000640. The second-order valence-electron chi connectivity index (χ2n) is 1.33. The Bertz CT molecular complexity index is 167. The third-order valence-electron chi connectivity index (χ3n) is 0.759. The van der Waals surface area contributed by atoms with Crippen LogP contribution in [0.25, 0.3) is 0 Å². The predicted octanol–water partition coefficient (Wildman–Crippen LogP) is 2.69. The van der Waals surface area contributed by atoms with Crippen LogP contribution < -0.4 is 0 Å². The van der Waals surface area contributed by atoms with Gasteiger partial charge in [0.1, 0.15) is 0 Å². The van der Waals surface area contributed by atoms with Crippen molar-refractivity contribution in [2.45, 2.75) is 0 Å². The second-order valence-corrected chi connectivity index (χ2v) is 3.57. The minimum absolute atomic E-state index is 0. The Morgan fingerprint density at radius 2 is 2.00 bits per heavy atom. The maximum atomic E-state index is 3.08. The van der Waals surface area contributed by atoms with Gasteiger partial charge in [-0.25, -0.2) is 0 Å². The number of hydrogen-bond donors (Lipinski definition) is 0. The van der Waals surface area contributed by atoms with E-state index in [0.717, 1.165) is 0 Å². The van der Waals surface area contributed by atoms with Crippen molar-refractivity contribution >= 4 is 45.2 Å². The zero-order valence-corrected chi connectivity index (χ0v) is 10.4. The molecule has 0 aliphatic heterocycles. The SMILES string of the molecule is Ic1[c-]cccc1I.[Ru+2]. The molecule has 0 radical (unpaired) electrons. The van der Waals surface area contributed by atoms with Crippen LogP contribution in [0.4, 0.5) is 0 Å². The number of rotatable bonds is 0. The first-order chi connectivity index (χ1) is 3.80. The van der Waals surface area contributed by atoms with Crippen LogP contribution in [0.2, 0.25) is 0 Å². The van der Waals surface area contributed by atoms with Crippen molar-refractivity contribution in [3.63, 3.8) is 0 Å². The molecule has 3 heteroatoms. The molecule has 0 saturated heterocycles. The minimum atomic E-state index is 0. The largest absolute Gasteiger partial charge is 2.00 e. The van der Waals surface area contributed by atoms with Gasteiger partial charge >= 0.3 is 19.5 Å². The van der Waals surface area contributed by atoms with E-state index >= 15 is 0 Å². The van der Waals surface area contributed by atoms with E-state index in [9.17, 15) is 0 Å². The molecule has 1 aromatic carbocycles. The zero-order valence-electron chi connectivity index (χ0n) is 4.34. The van der Waals surface area contributed by atoms with Crippen LogP contribution >= 0.6 is 45.2 Å². The van der Waals surface area contributed by atoms with Crippen molar-refractivity contribution in [1.29, 1.82) is 0 Å². The van der Waals surface area contributed by atoms with Gasteiger partial charge in [-0.05, 0) is 0 Å². The summed E-state index contributed by atoms with van der Waals surface area (Å²) in [4.78, 5) is 0. The normalized spacial score (nSPS) is 8.22. The van der Waals surface area contributed by atoms with Gasteiger partial charge in [-0.15, -0.1) is 22.6 Å². The average molecular weight is 430 g/mol. The van der Waals surface area contributed by atoms with Crippen molar-refractivity contribution in [2.75, 3.05) is 0 Å². The molecule has 0 heterocycles. The molecule has 9 heavy (non-hydrogen) atoms. The molecule has 0 fully saturated rings. The molecule has 0 nitrogen and oxygen atoms in total. The number of halogens is 2. The van der Waals surface area contributed by atoms with Gasteiger partial charge in [0.2, 0.25) is 0 Å². The molecule has 1 rings (SSSR count). The molecule has 0 unspecified atom stereocenters. The first-order valence-electron chi connectivity index (χ1n) is 2.12. The fraction of sp³-hybridized carbons (Fsp3) is 0. The average Bonchev–Trinajstić information content (AvgIpc) is 1.77. The van der Waals surface area contributed by atoms with Crippen LogP contribution in [0.1, 0.15) is 0 Å². The summed E-state index contributed by atoms with van der Waals surface area (Å²) in [6.07, 6.45) is 0. The number of benzene rings is 1. The van der Waals surface area contributed by atoms with E-state index in [-0.39, 0.29) is 19.5 Å². The topological polar surface area (TPSA) is 0 Å². The molecule has 0 amide bonds. The van der Waals surface area contributed by atoms with E-state index in [1.807, 2.05) is 12.1 Å². The monoisotopic (exact) mass is 431 g/mol. The Hall–Kier alpha value is 1.30. The minimum Gasteiger partial charge on any atom is -0.176 e. The van der Waals surface area contributed by atoms with Crippen LogP contribution in [0.3, 0.4) is 0 Å². The first-order valence-corrected chi connectivity index (χ1v) is 4.28. The van der Waals surface area contributed by atoms with Crippen LogP contribution in [-0.2, 0) is 19.5 Å². The van der Waals surface area contributed by atoms with Crippen molar-refractivity contribution in [3.05, 3.63) is 31.4 Å². The molecule has 0 bridgehead atoms. The molecule has 48 valence electrons. The van der Waals surface area contributed by atoms with E-state index < -0.39 is 0 Å². The van der Waals surface area contributed by atoms with Crippen molar-refractivity contribution < 1.29 is 19.5 Å². The maximum absolute atomic E-state index is 3.08. The smallest absolute Gasteiger partial charge is 0.176 e. The molecular weight excluding hydrogens is 427 g/mol. The molecule has 0 aromatic heterocycles. The summed E-state index contributed by atoms with van der Waals surface area (Å²) in [5, 5.41) is 0. The van der Waals surface area contributed by atoms with Crippen molar-refractivity contribution in [1.82, 2.24) is 0 Å². The molecule has 0 N–H and O–H groups in total. The first kappa shape index (κ1) is 10.3. The zero-order chi connectivity index (χ0) is 5.98. The molecular formula is C6H3I2Ru+. The molecule has 0 aliphatic rings. The molecule has 0 spiro atoms. The molecule has 1 aromatic rings. The summed E-state index contributed by atoms with van der Waals surface area (Å²) >= 11 is 4.55. The van der Waals surface area contributed by atoms with Gasteiger partial charge in [-0.2, -0.15) is 24.3 Å². The van der Waals surface area contributed by atoms with Crippen LogP contribution in [-0.4, -0.2) is 0 Å². The van der Waals surface area contributed by atoms with Gasteiger partial charge in [0.25, 0.3) is 0 Å². The van der Waals surface area contributed by atoms with Crippen LogP contribution in [0.15, 0.2) is 18.2 Å². The Kier molecular flexibility index (Phi) is 5.75. The fourth-order valence-corrected chi connectivity index (χ4v) is 1.12. The van der Waals surface area contributed by atoms with Gasteiger partial charge < -0.3 is 0 Å². The quantitative estimate of drug-likeness (QED) is 0.338. The van der Waals surface area contributed by atoms with E-state index in [1.54, 1.807) is 0 Å². The van der Waals surface area contributed by atoms with Gasteiger partial charge in [0.05, 0.1) is 0 Å². The van der Waals surface area contributed by atoms with E-state index in [4.69, 9.17) is 0 Å². The van der Waals surface area contributed by atoms with Crippen molar-refractivity contribution in [3.8, 4) is 0 Å².